The van der Waals surface area contributed by atoms with Gasteiger partial charge in [-0.05, 0) is 45.4 Å². The van der Waals surface area contributed by atoms with Crippen LogP contribution in [0.5, 0.6) is 5.75 Å². The lowest BCUT2D eigenvalue weighted by Gasteiger charge is -2.23. The number of alkyl carbamates (subject to hydrolysis) is 1. The summed E-state index contributed by atoms with van der Waals surface area (Å²) in [5.41, 5.74) is 4.53. The topological polar surface area (TPSA) is 89.0 Å². The zero-order valence-corrected chi connectivity index (χ0v) is 18.8. The lowest BCUT2D eigenvalue weighted by atomic mass is 10.0. The minimum absolute atomic E-state index is 0.203. The van der Waals surface area contributed by atoms with Crippen LogP contribution < -0.4 is 15.5 Å². The monoisotopic (exact) mass is 435 g/mol. The average molecular weight is 436 g/mol. The Kier molecular flexibility index (Phi) is 7.30. The molecule has 0 saturated carbocycles. The number of hydrogen-bond donors (Lipinski definition) is 2. The highest BCUT2D eigenvalue weighted by molar-refractivity contribution is 5.91. The maximum Gasteiger partial charge on any atom is 0.408 e. The molecule has 1 aliphatic rings. The van der Waals surface area contributed by atoms with E-state index in [1.807, 2.05) is 67.6 Å². The number of ether oxygens (including phenoxy) is 2. The van der Waals surface area contributed by atoms with E-state index in [9.17, 15) is 9.59 Å². The lowest BCUT2D eigenvalue weighted by molar-refractivity contribution is -0.123. The molecule has 0 aromatic heterocycles. The molecule has 2 amide bonds. The molecule has 1 unspecified atom stereocenters. The van der Waals surface area contributed by atoms with Crippen molar-refractivity contribution in [2.24, 2.45) is 5.10 Å². The average Bonchev–Trinajstić information content (AvgIpc) is 2.73. The smallest absolute Gasteiger partial charge is 0.408 e. The lowest BCUT2D eigenvalue weighted by Crippen LogP contribution is -2.48. The van der Waals surface area contributed by atoms with E-state index in [4.69, 9.17) is 9.47 Å². The maximum atomic E-state index is 12.8. The first-order chi connectivity index (χ1) is 15.2. The molecule has 3 rings (SSSR count). The minimum Gasteiger partial charge on any atom is -0.485 e. The molecule has 0 fully saturated rings. The zero-order chi connectivity index (χ0) is 23.1. The fourth-order valence-electron chi connectivity index (χ4n) is 3.16. The molecule has 0 aliphatic carbocycles. The highest BCUT2D eigenvalue weighted by atomic mass is 16.6. The maximum absolute atomic E-state index is 12.8. The van der Waals surface area contributed by atoms with Crippen LogP contribution in [-0.4, -0.2) is 36.0 Å². The quantitative estimate of drug-likeness (QED) is 0.528. The Balaban J connectivity index is 1.69. The van der Waals surface area contributed by atoms with Crippen molar-refractivity contribution >= 4 is 24.3 Å². The van der Waals surface area contributed by atoms with Crippen molar-refractivity contribution < 1.29 is 19.1 Å². The number of benzene rings is 2. The van der Waals surface area contributed by atoms with Crippen molar-refractivity contribution in [1.82, 2.24) is 10.7 Å². The molecule has 2 N–H and O–H groups in total. The van der Waals surface area contributed by atoms with Crippen LogP contribution in [0.15, 0.2) is 65.3 Å². The molecule has 0 bridgehead atoms. The first kappa shape index (κ1) is 23.1. The number of carbonyl (C=O) groups excluding carboxylic acids is 2. The Hall–Kier alpha value is -3.61. The highest BCUT2D eigenvalue weighted by Gasteiger charge is 2.25. The van der Waals surface area contributed by atoms with Crippen molar-refractivity contribution in [2.45, 2.75) is 51.9 Å². The van der Waals surface area contributed by atoms with Crippen LogP contribution >= 0.6 is 0 Å². The number of nitrogens with one attached hydrogen (secondary N) is 2. The van der Waals surface area contributed by atoms with E-state index in [-0.39, 0.29) is 6.10 Å². The molecule has 2 aromatic carbocycles. The van der Waals surface area contributed by atoms with Gasteiger partial charge in [-0.15, -0.1) is 0 Å². The van der Waals surface area contributed by atoms with E-state index in [0.29, 0.717) is 6.42 Å². The molecular weight excluding hydrogens is 406 g/mol. The standard InChI is InChI=1S/C25H29N3O4/c1-17-20(15-19-12-8-9-13-22(19)31-17)16-26-28-23(29)21(14-18-10-6-5-7-11-18)27-24(30)32-25(2,3)4/h5-13,15-17,21H,14H2,1-4H3,(H,27,30)(H,28,29)/b26-16+/t17?,21-/m0/s1. The largest absolute Gasteiger partial charge is 0.485 e. The summed E-state index contributed by atoms with van der Waals surface area (Å²) in [6.07, 6.45) is 2.97. The van der Waals surface area contributed by atoms with Crippen LogP contribution in [0.25, 0.3) is 6.08 Å². The second kappa shape index (κ2) is 10.1. The van der Waals surface area contributed by atoms with Crippen LogP contribution in [0, 0.1) is 0 Å². The number of rotatable bonds is 6. The van der Waals surface area contributed by atoms with Gasteiger partial charge < -0.3 is 14.8 Å². The van der Waals surface area contributed by atoms with Crippen LogP contribution in [0.3, 0.4) is 0 Å². The molecule has 2 atom stereocenters. The van der Waals surface area contributed by atoms with Gasteiger partial charge in [0.2, 0.25) is 0 Å². The summed E-state index contributed by atoms with van der Waals surface area (Å²) in [4.78, 5) is 25.1. The predicted molar refractivity (Wildman–Crippen MR) is 124 cm³/mol. The van der Waals surface area contributed by atoms with Gasteiger partial charge in [0.05, 0.1) is 6.21 Å². The molecular formula is C25H29N3O4. The summed E-state index contributed by atoms with van der Waals surface area (Å²) < 4.78 is 11.2. The molecule has 7 nitrogen and oxygen atoms in total. The van der Waals surface area contributed by atoms with Gasteiger partial charge in [0, 0.05) is 17.6 Å². The van der Waals surface area contributed by atoms with Crippen LogP contribution in [0.2, 0.25) is 0 Å². The number of amides is 2. The summed E-state index contributed by atoms with van der Waals surface area (Å²) in [5, 5.41) is 6.74. The van der Waals surface area contributed by atoms with Gasteiger partial charge in [0.1, 0.15) is 23.5 Å². The van der Waals surface area contributed by atoms with Crippen molar-refractivity contribution in [2.75, 3.05) is 0 Å². The summed E-state index contributed by atoms with van der Waals surface area (Å²) in [5.74, 6) is 0.368. The molecule has 0 radical (unpaired) electrons. The van der Waals surface area contributed by atoms with Gasteiger partial charge in [-0.1, -0.05) is 48.5 Å². The second-order valence-corrected chi connectivity index (χ2v) is 8.57. The van der Waals surface area contributed by atoms with Crippen LogP contribution in [-0.2, 0) is 16.0 Å². The number of carbonyl (C=O) groups is 2. The van der Waals surface area contributed by atoms with E-state index >= 15 is 0 Å². The Bertz CT molecular complexity index is 1010. The Morgan fingerprint density at radius 3 is 2.53 bits per heavy atom. The van der Waals surface area contributed by atoms with Gasteiger partial charge in [0.15, 0.2) is 0 Å². The predicted octanol–water partition coefficient (Wildman–Crippen LogP) is 4.09. The Morgan fingerprint density at radius 1 is 1.12 bits per heavy atom. The fraction of sp³-hybridized carbons (Fsp3) is 0.320. The second-order valence-electron chi connectivity index (χ2n) is 8.57. The Morgan fingerprint density at radius 2 is 1.81 bits per heavy atom. The fourth-order valence-corrected chi connectivity index (χ4v) is 3.16. The van der Waals surface area contributed by atoms with E-state index in [0.717, 1.165) is 22.4 Å². The molecule has 1 aliphatic heterocycles. The molecule has 0 saturated heterocycles. The van der Waals surface area contributed by atoms with Crippen molar-refractivity contribution in [3.05, 3.63) is 71.3 Å². The molecule has 2 aromatic rings. The van der Waals surface area contributed by atoms with Crippen LogP contribution in [0.1, 0.15) is 38.8 Å². The molecule has 168 valence electrons. The van der Waals surface area contributed by atoms with Crippen LogP contribution in [0.4, 0.5) is 4.79 Å². The normalized spacial score (nSPS) is 16.4. The van der Waals surface area contributed by atoms with Crippen molar-refractivity contribution in [1.29, 1.82) is 0 Å². The third-order valence-corrected chi connectivity index (χ3v) is 4.69. The third-order valence-electron chi connectivity index (χ3n) is 4.69. The van der Waals surface area contributed by atoms with E-state index in [1.165, 1.54) is 0 Å². The van der Waals surface area contributed by atoms with Crippen molar-refractivity contribution in [3.8, 4) is 5.75 Å². The first-order valence-corrected chi connectivity index (χ1v) is 10.5. The van der Waals surface area contributed by atoms with Gasteiger partial charge in [-0.25, -0.2) is 10.2 Å². The van der Waals surface area contributed by atoms with Crippen molar-refractivity contribution in [3.63, 3.8) is 0 Å². The van der Waals surface area contributed by atoms with Gasteiger partial charge in [-0.2, -0.15) is 5.10 Å². The van der Waals surface area contributed by atoms with E-state index in [2.05, 4.69) is 15.8 Å². The highest BCUT2D eigenvalue weighted by Crippen LogP contribution is 2.28. The first-order valence-electron chi connectivity index (χ1n) is 10.5. The molecule has 32 heavy (non-hydrogen) atoms. The summed E-state index contributed by atoms with van der Waals surface area (Å²) in [7, 11) is 0. The van der Waals surface area contributed by atoms with Gasteiger partial charge in [0.25, 0.3) is 5.91 Å². The number of nitrogens with zero attached hydrogens (tertiary/aromatic N) is 1. The summed E-state index contributed by atoms with van der Waals surface area (Å²) in [6.45, 7) is 7.21. The zero-order valence-electron chi connectivity index (χ0n) is 18.8. The molecule has 7 heteroatoms. The van der Waals surface area contributed by atoms with Gasteiger partial charge >= 0.3 is 6.09 Å². The number of fused-ring (bicyclic) bond motifs is 1. The van der Waals surface area contributed by atoms with Gasteiger partial charge in [-0.3, -0.25) is 4.79 Å². The summed E-state index contributed by atoms with van der Waals surface area (Å²) >= 11 is 0. The number of hydrogen-bond acceptors (Lipinski definition) is 5. The van der Waals surface area contributed by atoms with E-state index in [1.54, 1.807) is 27.0 Å². The third kappa shape index (κ3) is 6.70. The number of para-hydroxylation sites is 1. The SMILES string of the molecule is CC1Oc2ccccc2C=C1/C=N/NC(=O)[C@H](Cc1ccccc1)NC(=O)OC(C)(C)C. The molecule has 0 spiro atoms. The summed E-state index contributed by atoms with van der Waals surface area (Å²) in [6, 6.07) is 16.3. The minimum atomic E-state index is -0.848. The molecule has 1 heterocycles. The number of hydrazone groups is 1. The Labute approximate surface area is 188 Å². The van der Waals surface area contributed by atoms with E-state index < -0.39 is 23.6 Å².